The minimum Gasteiger partial charge on any atom is -0.311 e. The lowest BCUT2D eigenvalue weighted by Gasteiger charge is -2.30. The maximum atomic E-state index is 14.0. The fourth-order valence-electron chi connectivity index (χ4n) is 2.66. The molecule has 1 N–H and O–H groups in total. The molecular formula is C17H17FN2O. The first-order chi connectivity index (χ1) is 10.0. The lowest BCUT2D eigenvalue weighted by atomic mass is 9.93. The van der Waals surface area contributed by atoms with Gasteiger partial charge in [0.15, 0.2) is 6.17 Å². The molecular weight excluding hydrogens is 267 g/mol. The van der Waals surface area contributed by atoms with Crippen LogP contribution < -0.4 is 0 Å². The summed E-state index contributed by atoms with van der Waals surface area (Å²) in [6.45, 7) is 3.75. The number of hydrogen-bond acceptors (Lipinski definition) is 3. The molecule has 21 heavy (non-hydrogen) atoms. The largest absolute Gasteiger partial charge is 0.311 e. The predicted octanol–water partition coefficient (Wildman–Crippen LogP) is 3.80. The molecule has 0 saturated carbocycles. The van der Waals surface area contributed by atoms with Gasteiger partial charge in [0.25, 0.3) is 0 Å². The van der Waals surface area contributed by atoms with Gasteiger partial charge in [0.1, 0.15) is 5.82 Å². The van der Waals surface area contributed by atoms with Crippen LogP contribution in [0, 0.1) is 5.82 Å². The summed E-state index contributed by atoms with van der Waals surface area (Å²) in [6, 6.07) is 16.1. The Balaban J connectivity index is 2.09. The number of benzene rings is 2. The van der Waals surface area contributed by atoms with Crippen LogP contribution in [0.1, 0.15) is 31.1 Å². The van der Waals surface area contributed by atoms with Gasteiger partial charge in [0.05, 0.1) is 11.3 Å². The van der Waals surface area contributed by atoms with Gasteiger partial charge in [-0.1, -0.05) is 48.5 Å². The van der Waals surface area contributed by atoms with E-state index in [-0.39, 0.29) is 5.82 Å². The lowest BCUT2D eigenvalue weighted by molar-refractivity contribution is -0.160. The van der Waals surface area contributed by atoms with E-state index in [1.807, 2.05) is 44.2 Å². The second-order valence-electron chi connectivity index (χ2n) is 5.64. The van der Waals surface area contributed by atoms with Crippen molar-refractivity contribution in [2.75, 3.05) is 0 Å². The standard InChI is InChI=1S/C17H17FN2O/c1-17(2)15(12-8-4-3-5-9-12)19-16(20(17)21)13-10-6-7-11-14(13)18/h3-11,16,21H,1-2H3. The molecule has 0 saturated heterocycles. The van der Waals surface area contributed by atoms with E-state index in [4.69, 9.17) is 0 Å². The Morgan fingerprint density at radius 1 is 1.05 bits per heavy atom. The molecule has 4 heteroatoms. The molecule has 0 amide bonds. The van der Waals surface area contributed by atoms with E-state index in [2.05, 4.69) is 4.99 Å². The van der Waals surface area contributed by atoms with Crippen molar-refractivity contribution in [1.82, 2.24) is 5.06 Å². The van der Waals surface area contributed by atoms with E-state index < -0.39 is 11.7 Å². The molecule has 0 spiro atoms. The average molecular weight is 284 g/mol. The van der Waals surface area contributed by atoms with Crippen LogP contribution in [0.2, 0.25) is 0 Å². The highest BCUT2D eigenvalue weighted by atomic mass is 19.1. The summed E-state index contributed by atoms with van der Waals surface area (Å²) in [7, 11) is 0. The Kier molecular flexibility index (Phi) is 3.35. The van der Waals surface area contributed by atoms with Crippen molar-refractivity contribution in [3.05, 3.63) is 71.5 Å². The summed E-state index contributed by atoms with van der Waals surface area (Å²) in [5.74, 6) is -0.365. The third kappa shape index (κ3) is 2.26. The number of hydroxylamine groups is 2. The van der Waals surface area contributed by atoms with Crippen LogP contribution in [0.15, 0.2) is 59.6 Å². The first-order valence-electron chi connectivity index (χ1n) is 6.88. The minimum atomic E-state index is -0.726. The van der Waals surface area contributed by atoms with E-state index >= 15 is 0 Å². The van der Waals surface area contributed by atoms with Crippen LogP contribution in [0.4, 0.5) is 4.39 Å². The summed E-state index contributed by atoms with van der Waals surface area (Å²) in [4.78, 5) is 4.58. The van der Waals surface area contributed by atoms with Gasteiger partial charge in [-0.05, 0) is 25.5 Å². The first-order valence-corrected chi connectivity index (χ1v) is 6.88. The summed E-state index contributed by atoms with van der Waals surface area (Å²) >= 11 is 0. The minimum absolute atomic E-state index is 0.365. The molecule has 0 bridgehead atoms. The molecule has 0 fully saturated rings. The van der Waals surface area contributed by atoms with Crippen molar-refractivity contribution in [2.45, 2.75) is 25.6 Å². The van der Waals surface area contributed by atoms with Gasteiger partial charge in [-0.25, -0.2) is 4.39 Å². The summed E-state index contributed by atoms with van der Waals surface area (Å²) < 4.78 is 14.0. The lowest BCUT2D eigenvalue weighted by Crippen LogP contribution is -2.44. The molecule has 3 rings (SSSR count). The van der Waals surface area contributed by atoms with Gasteiger partial charge in [0.2, 0.25) is 0 Å². The Hall–Kier alpha value is -2.04. The second-order valence-corrected chi connectivity index (χ2v) is 5.64. The summed E-state index contributed by atoms with van der Waals surface area (Å²) in [5.41, 5.74) is 1.37. The SMILES string of the molecule is CC1(C)C(c2ccccc2)=NC(c2ccccc2F)N1O. The molecule has 2 aromatic carbocycles. The fraction of sp³-hybridized carbons (Fsp3) is 0.235. The van der Waals surface area contributed by atoms with E-state index in [1.165, 1.54) is 6.07 Å². The fourth-order valence-corrected chi connectivity index (χ4v) is 2.66. The number of aliphatic imine (C=N–C) groups is 1. The maximum Gasteiger partial charge on any atom is 0.154 e. The Bertz CT molecular complexity index is 682. The number of hydrogen-bond donors (Lipinski definition) is 1. The zero-order valence-electron chi connectivity index (χ0n) is 12.0. The monoisotopic (exact) mass is 284 g/mol. The Morgan fingerprint density at radius 2 is 1.67 bits per heavy atom. The zero-order chi connectivity index (χ0) is 15.0. The van der Waals surface area contributed by atoms with Gasteiger partial charge in [-0.2, -0.15) is 5.06 Å². The van der Waals surface area contributed by atoms with Crippen LogP contribution >= 0.6 is 0 Å². The highest BCUT2D eigenvalue weighted by Gasteiger charge is 2.44. The van der Waals surface area contributed by atoms with Gasteiger partial charge < -0.3 is 5.21 Å². The van der Waals surface area contributed by atoms with Crippen LogP contribution in [-0.4, -0.2) is 21.5 Å². The highest BCUT2D eigenvalue weighted by molar-refractivity contribution is 6.07. The molecule has 3 nitrogen and oxygen atoms in total. The maximum absolute atomic E-state index is 14.0. The first kappa shape index (κ1) is 13.9. The molecule has 0 aliphatic carbocycles. The molecule has 1 unspecified atom stereocenters. The van der Waals surface area contributed by atoms with Gasteiger partial charge in [-0.3, -0.25) is 4.99 Å². The van der Waals surface area contributed by atoms with E-state index in [1.54, 1.807) is 18.2 Å². The van der Waals surface area contributed by atoms with E-state index in [9.17, 15) is 9.60 Å². The zero-order valence-corrected chi connectivity index (χ0v) is 12.0. The second kappa shape index (κ2) is 5.06. The van der Waals surface area contributed by atoms with E-state index in [0.29, 0.717) is 5.56 Å². The molecule has 2 aromatic rings. The number of halogens is 1. The van der Waals surface area contributed by atoms with Crippen molar-refractivity contribution in [3.63, 3.8) is 0 Å². The van der Waals surface area contributed by atoms with Gasteiger partial charge >= 0.3 is 0 Å². The van der Waals surface area contributed by atoms with Crippen molar-refractivity contribution < 1.29 is 9.60 Å². The molecule has 1 aliphatic rings. The topological polar surface area (TPSA) is 35.8 Å². The number of rotatable bonds is 2. The van der Waals surface area contributed by atoms with Crippen LogP contribution in [0.3, 0.4) is 0 Å². The van der Waals surface area contributed by atoms with Crippen LogP contribution in [0.5, 0.6) is 0 Å². The molecule has 0 radical (unpaired) electrons. The third-order valence-corrected chi connectivity index (χ3v) is 3.87. The predicted molar refractivity (Wildman–Crippen MR) is 79.8 cm³/mol. The highest BCUT2D eigenvalue weighted by Crippen LogP contribution is 2.38. The van der Waals surface area contributed by atoms with Crippen molar-refractivity contribution in [3.8, 4) is 0 Å². The normalized spacial score (nSPS) is 21.3. The molecule has 1 atom stereocenters. The molecule has 0 aromatic heterocycles. The van der Waals surface area contributed by atoms with Crippen molar-refractivity contribution in [2.24, 2.45) is 4.99 Å². The van der Waals surface area contributed by atoms with Crippen LogP contribution in [-0.2, 0) is 0 Å². The van der Waals surface area contributed by atoms with Crippen LogP contribution in [0.25, 0.3) is 0 Å². The van der Waals surface area contributed by atoms with Gasteiger partial charge in [-0.15, -0.1) is 0 Å². The molecule has 1 heterocycles. The smallest absolute Gasteiger partial charge is 0.154 e. The van der Waals surface area contributed by atoms with Gasteiger partial charge in [0, 0.05) is 5.56 Å². The van der Waals surface area contributed by atoms with E-state index in [0.717, 1.165) is 16.3 Å². The van der Waals surface area contributed by atoms with Crippen molar-refractivity contribution >= 4 is 5.71 Å². The molecule has 108 valence electrons. The summed E-state index contributed by atoms with van der Waals surface area (Å²) in [5, 5.41) is 11.6. The Labute approximate surface area is 123 Å². The average Bonchev–Trinajstić information content (AvgIpc) is 2.72. The Morgan fingerprint density at radius 3 is 2.33 bits per heavy atom. The van der Waals surface area contributed by atoms with Crippen molar-refractivity contribution in [1.29, 1.82) is 0 Å². The number of nitrogens with zero attached hydrogens (tertiary/aromatic N) is 2. The molecule has 1 aliphatic heterocycles. The summed E-state index contributed by atoms with van der Waals surface area (Å²) in [6.07, 6.45) is -0.726. The quantitative estimate of drug-likeness (QED) is 0.910. The third-order valence-electron chi connectivity index (χ3n) is 3.87.